The van der Waals surface area contributed by atoms with Crippen LogP contribution >= 0.6 is 46.4 Å². The van der Waals surface area contributed by atoms with Crippen molar-refractivity contribution in [2.75, 3.05) is 0 Å². The summed E-state index contributed by atoms with van der Waals surface area (Å²) < 4.78 is 227. The maximum absolute atomic E-state index is 13.3. The van der Waals surface area contributed by atoms with Crippen molar-refractivity contribution >= 4 is 133 Å². The summed E-state index contributed by atoms with van der Waals surface area (Å²) in [6.07, 6.45) is 0. The standard InChI is InChI=1S/C13H6Cl2N2O5.C13H6F2N2O5.C12H6Cl2N2O6S.C12H6F2N2O6S.C12H8F2O2S.C8H2F2N2.2C7H3F2N/c2*14-9-3-1-7(5-11(9)16(19)20)13(18)8-2-4-10(15)12(6-8)17(21)22;2*13-9-3-1-7(5-11(9)15(17)18)23(21,22)8-2-4-10(14)12(6-8)16(19)20;13-9-1-5-11(6-2-9)17(15,16)12-7-3-10(14)4-8-12;9-7-1-5(3-11)8(10)2-6(7)4-12;8-6-2-1-5(4-10)7(9)3-6;8-6-2-1-3-7(9)5(6)4-10/h2*1-6H;2*1-6H;1-8H;1-2H;2*1-3H. The summed E-state index contributed by atoms with van der Waals surface area (Å²) in [5.41, 5.74) is -7.90. The first-order chi connectivity index (χ1) is 65.1. The van der Waals surface area contributed by atoms with Gasteiger partial charge in [-0.25, -0.2) is 60.4 Å². The zero-order valence-corrected chi connectivity index (χ0v) is 73.0. The summed E-state index contributed by atoms with van der Waals surface area (Å²) in [5, 5.41) is 118. The van der Waals surface area contributed by atoms with E-state index in [0.717, 1.165) is 133 Å². The van der Waals surface area contributed by atoms with Crippen molar-refractivity contribution in [3.63, 3.8) is 0 Å². The Morgan fingerprint density at radius 2 is 0.460 bits per heavy atom. The lowest BCUT2D eigenvalue weighted by molar-refractivity contribution is -0.387. The Bertz CT molecular complexity index is 7040. The maximum atomic E-state index is 13.3. The fourth-order valence-corrected chi connectivity index (χ4v) is 14.9. The molecule has 0 heterocycles. The summed E-state index contributed by atoms with van der Waals surface area (Å²) in [4.78, 5) is 101. The quantitative estimate of drug-likeness (QED) is 0.0253. The molecule has 0 fully saturated rings. The number of halogens is 16. The molecule has 0 saturated heterocycles. The number of carbonyl (C=O) groups excluding carboxylic acids is 2. The molecule has 139 heavy (non-hydrogen) atoms. The lowest BCUT2D eigenvalue weighted by Gasteiger charge is -2.06. The van der Waals surface area contributed by atoms with Crippen molar-refractivity contribution < 1.29 is 127 Å². The van der Waals surface area contributed by atoms with Gasteiger partial charge < -0.3 is 0 Å². The van der Waals surface area contributed by atoms with E-state index in [2.05, 4.69) is 0 Å². The van der Waals surface area contributed by atoms with Gasteiger partial charge in [-0.05, 0) is 182 Å². The van der Waals surface area contributed by atoms with Crippen LogP contribution in [0.3, 0.4) is 0 Å². The van der Waals surface area contributed by atoms with Gasteiger partial charge >= 0.3 is 22.7 Å². The van der Waals surface area contributed by atoms with Crippen LogP contribution in [0.15, 0.2) is 272 Å². The Hall–Kier alpha value is -17.5. The predicted molar refractivity (Wildman–Crippen MR) is 459 cm³/mol. The first-order valence-electron chi connectivity index (χ1n) is 35.9. The number of nitrogens with zero attached hydrogens (tertiary/aromatic N) is 12. The number of nitro groups is 8. The summed E-state index contributed by atoms with van der Waals surface area (Å²) in [7, 11) is -12.3. The second-order valence-corrected chi connectivity index (χ2v) is 33.2. The fraction of sp³-hybridized carbons (Fsp3) is 0. The molecule has 0 spiro atoms. The molecule has 36 nitrogen and oxygen atoms in total. The normalized spacial score (nSPS) is 10.4. The van der Waals surface area contributed by atoms with Crippen LogP contribution in [-0.4, -0.2) is 76.2 Å². The number of sulfone groups is 3. The number of hydrogen-bond donors (Lipinski definition) is 0. The molecule has 13 aromatic carbocycles. The zero-order chi connectivity index (χ0) is 104. The number of nitriles is 4. The SMILES string of the molecule is N#Cc1c(F)cccc1F.N#Cc1cc(F)c(C#N)cc1F.N#Cc1ccc(F)cc1F.O=C(c1ccc(Cl)c([N+](=O)[O-])c1)c1ccc(Cl)c([N+](=O)[O-])c1.O=C(c1ccc(F)c([N+](=O)[O-])c1)c1ccc(F)c([N+](=O)[O-])c1.O=S(=O)(c1ccc(F)cc1)c1ccc(F)cc1.O=[N+]([O-])c1cc(S(=O)(=O)c2ccc(Cl)c([N+](=O)[O-])c2)ccc1Cl.O=[N+]([O-])c1cc(S(=O)(=O)c2ccc(F)c([N+](=O)[O-])c2)ccc1F. The largest absolute Gasteiger partial charge is 0.306 e. The van der Waals surface area contributed by atoms with Crippen molar-refractivity contribution in [1.29, 1.82) is 21.0 Å². The number of nitro benzene ring substituents is 8. The summed E-state index contributed by atoms with van der Waals surface area (Å²) in [6, 6.07) is 44.0. The third-order valence-electron chi connectivity index (χ3n) is 17.0. The number of benzene rings is 13. The Balaban J connectivity index is 0.000000248. The average molecular weight is 2070 g/mol. The predicted octanol–water partition coefficient (Wildman–Crippen LogP) is 21.5. The van der Waals surface area contributed by atoms with E-state index in [-0.39, 0.29) is 57.7 Å². The molecule has 55 heteroatoms. The van der Waals surface area contributed by atoms with Crippen LogP contribution in [0.2, 0.25) is 20.1 Å². The number of ketones is 2. The molecular formula is C84H40Cl4F12N12O24S3. The maximum Gasteiger partial charge on any atom is 0.306 e. The molecule has 0 aliphatic heterocycles. The highest BCUT2D eigenvalue weighted by atomic mass is 35.5. The Kier molecular flexibility index (Phi) is 38.4. The smallest absolute Gasteiger partial charge is 0.289 e. The highest BCUT2D eigenvalue weighted by Crippen LogP contribution is 2.37. The van der Waals surface area contributed by atoms with Crippen molar-refractivity contribution in [3.05, 3.63) is 458 Å². The molecule has 0 N–H and O–H groups in total. The first kappa shape index (κ1) is 110. The molecule has 0 radical (unpaired) electrons. The molecule has 0 bridgehead atoms. The fourth-order valence-electron chi connectivity index (χ4n) is 10.2. The van der Waals surface area contributed by atoms with Crippen LogP contribution in [0.25, 0.3) is 0 Å². The Morgan fingerprint density at radius 3 is 0.734 bits per heavy atom. The first-order valence-corrected chi connectivity index (χ1v) is 41.9. The van der Waals surface area contributed by atoms with E-state index in [1.165, 1.54) is 72.8 Å². The van der Waals surface area contributed by atoms with Crippen molar-refractivity contribution in [2.24, 2.45) is 0 Å². The Morgan fingerprint density at radius 1 is 0.237 bits per heavy atom. The zero-order valence-electron chi connectivity index (χ0n) is 67.5. The molecule has 0 aliphatic rings. The molecule has 0 unspecified atom stereocenters. The van der Waals surface area contributed by atoms with Crippen LogP contribution in [0, 0.1) is 196 Å². The monoisotopic (exact) mass is 2060 g/mol. The van der Waals surface area contributed by atoms with Gasteiger partial charge in [0, 0.05) is 76.9 Å². The molecule has 13 rings (SSSR count). The third-order valence-corrected chi connectivity index (χ3v) is 23.6. The van der Waals surface area contributed by atoms with Crippen LogP contribution in [-0.2, 0) is 29.5 Å². The summed E-state index contributed by atoms with van der Waals surface area (Å²) in [5.74, 6) is -12.1. The third kappa shape index (κ3) is 29.0. The average Bonchev–Trinajstić information content (AvgIpc) is 0.781. The minimum atomic E-state index is -4.43. The molecule has 13 aromatic rings. The van der Waals surface area contributed by atoms with Gasteiger partial charge in [0.15, 0.2) is 11.6 Å². The second-order valence-electron chi connectivity index (χ2n) is 25.7. The van der Waals surface area contributed by atoms with E-state index in [1.807, 2.05) is 0 Å². The Labute approximate surface area is 788 Å². The minimum Gasteiger partial charge on any atom is -0.289 e. The van der Waals surface area contributed by atoms with Gasteiger partial charge in [0.05, 0.1) is 85.4 Å². The van der Waals surface area contributed by atoms with Gasteiger partial charge in [-0.2, -0.15) is 38.6 Å². The summed E-state index contributed by atoms with van der Waals surface area (Å²) >= 11 is 22.6. The van der Waals surface area contributed by atoms with E-state index in [1.54, 1.807) is 6.07 Å². The molecule has 0 atom stereocenters. The highest BCUT2D eigenvalue weighted by molar-refractivity contribution is 7.92. The lowest BCUT2D eigenvalue weighted by atomic mass is 10.0. The van der Waals surface area contributed by atoms with Gasteiger partial charge in [0.1, 0.15) is 96.5 Å². The van der Waals surface area contributed by atoms with Gasteiger partial charge in [-0.1, -0.05) is 52.5 Å². The van der Waals surface area contributed by atoms with Crippen molar-refractivity contribution in [1.82, 2.24) is 0 Å². The topological polar surface area (TPSA) is 577 Å². The van der Waals surface area contributed by atoms with E-state index >= 15 is 0 Å². The molecular weight excluding hydrogens is 2030 g/mol. The van der Waals surface area contributed by atoms with Gasteiger partial charge in [0.2, 0.25) is 52.8 Å². The molecule has 0 saturated carbocycles. The number of rotatable bonds is 18. The number of hydrogen-bond acceptors (Lipinski definition) is 28. The molecule has 0 aromatic heterocycles. The van der Waals surface area contributed by atoms with Gasteiger partial charge in [-0.15, -0.1) is 0 Å². The molecule has 710 valence electrons. The summed E-state index contributed by atoms with van der Waals surface area (Å²) in [6.45, 7) is 0. The van der Waals surface area contributed by atoms with Crippen LogP contribution < -0.4 is 0 Å². The van der Waals surface area contributed by atoms with Crippen LogP contribution in [0.5, 0.6) is 0 Å². The van der Waals surface area contributed by atoms with E-state index in [0.29, 0.717) is 54.6 Å². The number of carbonyl (C=O) groups is 2. The van der Waals surface area contributed by atoms with Gasteiger partial charge in [-0.3, -0.25) is 90.5 Å². The van der Waals surface area contributed by atoms with Crippen molar-refractivity contribution in [3.8, 4) is 24.3 Å². The van der Waals surface area contributed by atoms with Crippen LogP contribution in [0.4, 0.5) is 98.2 Å². The van der Waals surface area contributed by atoms with Crippen LogP contribution in [0.1, 0.15) is 54.1 Å². The lowest BCUT2D eigenvalue weighted by Crippen LogP contribution is -2.05. The molecule has 0 aliphatic carbocycles. The van der Waals surface area contributed by atoms with E-state index < -0.39 is 232 Å². The van der Waals surface area contributed by atoms with Crippen molar-refractivity contribution in [2.45, 2.75) is 29.4 Å². The molecule has 0 amide bonds. The van der Waals surface area contributed by atoms with E-state index in [4.69, 9.17) is 67.5 Å². The second kappa shape index (κ2) is 48.4. The van der Waals surface area contributed by atoms with Gasteiger partial charge in [0.25, 0.3) is 22.7 Å². The minimum absolute atomic E-state index is 0.00674. The highest BCUT2D eigenvalue weighted by Gasteiger charge is 2.31. The van der Waals surface area contributed by atoms with E-state index in [9.17, 15) is 168 Å².